The van der Waals surface area contributed by atoms with Crippen molar-refractivity contribution in [3.8, 4) is 0 Å². The van der Waals surface area contributed by atoms with Gasteiger partial charge in [0.25, 0.3) is 0 Å². The zero-order chi connectivity index (χ0) is 43.4. The summed E-state index contributed by atoms with van der Waals surface area (Å²) in [5.41, 5.74) is 0.203. The third-order valence-electron chi connectivity index (χ3n) is 20.8. The average Bonchev–Trinajstić information content (AvgIpc) is 3.77. The molecule has 0 aliphatic heterocycles. The molecule has 60 heavy (non-hydrogen) atoms. The fourth-order valence-electron chi connectivity index (χ4n) is 17.4. The summed E-state index contributed by atoms with van der Waals surface area (Å²) in [6.07, 6.45) is 18.9. The zero-order valence-electron chi connectivity index (χ0n) is 39.0. The molecule has 0 bridgehead atoms. The van der Waals surface area contributed by atoms with Gasteiger partial charge in [-0.1, -0.05) is 41.5 Å². The van der Waals surface area contributed by atoms with Crippen molar-refractivity contribution in [3.63, 3.8) is 0 Å². The van der Waals surface area contributed by atoms with Crippen molar-refractivity contribution in [2.24, 2.45) is 92.7 Å². The SMILES string of the molecule is CCOC(=O)CC[C@@H](C)[C@H]1CC[C@H]2[C@@H]3CCC4CC(=O)CC[C@]4(C)[C@H]3CC(=O)[C@]12C.CCOC(=O)CC[C@@H](C)[C@H]1CC[C@H]2[C@@H]3CCC4C[C@@H](O)CC[C@]4(C)[C@H]3C[C@@H](O)[C@]12C. The van der Waals surface area contributed by atoms with Gasteiger partial charge in [0.1, 0.15) is 11.6 Å². The minimum Gasteiger partial charge on any atom is -0.466 e. The number of fused-ring (bicyclic) bond motifs is 10. The van der Waals surface area contributed by atoms with Gasteiger partial charge in [0.05, 0.1) is 25.4 Å². The summed E-state index contributed by atoms with van der Waals surface area (Å²) in [5, 5.41) is 21.8. The fourth-order valence-corrected chi connectivity index (χ4v) is 17.4. The van der Waals surface area contributed by atoms with E-state index in [0.29, 0.717) is 116 Å². The van der Waals surface area contributed by atoms with Crippen LogP contribution >= 0.6 is 0 Å². The Morgan fingerprint density at radius 3 is 1.87 bits per heavy atom. The predicted octanol–water partition coefficient (Wildman–Crippen LogP) is 10.3. The molecule has 2 unspecified atom stereocenters. The van der Waals surface area contributed by atoms with E-state index in [2.05, 4.69) is 41.5 Å². The zero-order valence-corrected chi connectivity index (χ0v) is 39.0. The van der Waals surface area contributed by atoms with Crippen LogP contribution in [0.1, 0.15) is 184 Å². The molecule has 0 radical (unpaired) electrons. The lowest BCUT2D eigenvalue weighted by Gasteiger charge is -2.62. The van der Waals surface area contributed by atoms with Crippen LogP contribution in [-0.4, -0.2) is 59.1 Å². The van der Waals surface area contributed by atoms with Crippen LogP contribution in [0.5, 0.6) is 0 Å². The van der Waals surface area contributed by atoms with Crippen molar-refractivity contribution in [1.29, 1.82) is 0 Å². The van der Waals surface area contributed by atoms with Gasteiger partial charge in [0, 0.05) is 37.5 Å². The smallest absolute Gasteiger partial charge is 0.305 e. The van der Waals surface area contributed by atoms with Crippen molar-refractivity contribution < 1.29 is 38.9 Å². The molecule has 0 amide bonds. The molecule has 8 heteroatoms. The first-order valence-corrected chi connectivity index (χ1v) is 25.2. The number of carbonyl (C=O) groups is 4. The first-order chi connectivity index (χ1) is 28.4. The van der Waals surface area contributed by atoms with E-state index in [1.165, 1.54) is 32.1 Å². The van der Waals surface area contributed by atoms with E-state index in [1.807, 2.05) is 13.8 Å². The van der Waals surface area contributed by atoms with Crippen molar-refractivity contribution in [1.82, 2.24) is 0 Å². The van der Waals surface area contributed by atoms with Crippen LogP contribution < -0.4 is 0 Å². The van der Waals surface area contributed by atoms with Gasteiger partial charge in [-0.25, -0.2) is 0 Å². The Morgan fingerprint density at radius 2 is 1.22 bits per heavy atom. The molecular weight excluding hydrogens is 753 g/mol. The maximum Gasteiger partial charge on any atom is 0.305 e. The fraction of sp³-hybridized carbons (Fsp3) is 0.923. The van der Waals surface area contributed by atoms with Crippen LogP contribution in [0.4, 0.5) is 0 Å². The molecule has 0 saturated heterocycles. The first-order valence-electron chi connectivity index (χ1n) is 25.2. The van der Waals surface area contributed by atoms with Gasteiger partial charge in [-0.3, -0.25) is 19.2 Å². The highest BCUT2D eigenvalue weighted by molar-refractivity contribution is 5.87. The topological polar surface area (TPSA) is 127 Å². The molecule has 0 aromatic heterocycles. The van der Waals surface area contributed by atoms with Gasteiger partial charge in [-0.05, 0) is 197 Å². The molecule has 8 saturated carbocycles. The van der Waals surface area contributed by atoms with E-state index >= 15 is 0 Å². The van der Waals surface area contributed by atoms with Gasteiger partial charge in [-0.2, -0.15) is 0 Å². The second kappa shape index (κ2) is 18.0. The molecule has 8 aliphatic rings. The number of ether oxygens (including phenoxy) is 2. The van der Waals surface area contributed by atoms with E-state index in [4.69, 9.17) is 9.47 Å². The average molecular weight is 837 g/mol. The van der Waals surface area contributed by atoms with E-state index in [-0.39, 0.29) is 45.8 Å². The summed E-state index contributed by atoms with van der Waals surface area (Å²) in [6.45, 7) is 18.6. The maximum absolute atomic E-state index is 13.7. The number of aliphatic hydroxyl groups is 2. The van der Waals surface area contributed by atoms with Crippen LogP contribution in [0, 0.1) is 92.7 Å². The Labute approximate surface area is 363 Å². The molecule has 340 valence electrons. The van der Waals surface area contributed by atoms with Crippen molar-refractivity contribution in [2.75, 3.05) is 13.2 Å². The lowest BCUT2D eigenvalue weighted by atomic mass is 9.43. The Morgan fingerprint density at radius 1 is 0.650 bits per heavy atom. The van der Waals surface area contributed by atoms with E-state index in [0.717, 1.165) is 76.5 Å². The van der Waals surface area contributed by atoms with Crippen LogP contribution in [-0.2, 0) is 28.7 Å². The second-order valence-corrected chi connectivity index (χ2v) is 23.0. The molecule has 8 aliphatic carbocycles. The minimum atomic E-state index is -0.247. The molecule has 0 spiro atoms. The van der Waals surface area contributed by atoms with Gasteiger partial charge in [-0.15, -0.1) is 0 Å². The third kappa shape index (κ3) is 8.01. The standard InChI is InChI=1S/C26H44O4.C26H40O4/c2*1-5-30-24(29)11-6-16(2)20-9-10-21-19-8-7-17-14-18(27)12-13-25(17,3)22(19)15-23(28)26(20,21)4/h16-23,27-28H,5-15H2,1-4H3;16-17,19-22H,5-15H2,1-4H3/t16-,17?,18+,19+,20-,21+,22+,23-,25+,26-;16-,17?,19+,20-,21+,22+,25+,26-/m11/s1. The van der Waals surface area contributed by atoms with E-state index < -0.39 is 0 Å². The second-order valence-electron chi connectivity index (χ2n) is 23.0. The van der Waals surface area contributed by atoms with Crippen molar-refractivity contribution >= 4 is 23.5 Å². The largest absolute Gasteiger partial charge is 0.466 e. The minimum absolute atomic E-state index is 0.0212. The first kappa shape index (κ1) is 46.2. The Kier molecular flexibility index (Phi) is 13.9. The van der Waals surface area contributed by atoms with Gasteiger partial charge in [0.2, 0.25) is 0 Å². The molecule has 0 aromatic carbocycles. The van der Waals surface area contributed by atoms with Crippen molar-refractivity contribution in [3.05, 3.63) is 0 Å². The number of esters is 2. The Hall–Kier alpha value is -1.80. The van der Waals surface area contributed by atoms with E-state index in [9.17, 15) is 29.4 Å². The molecule has 18 atom stereocenters. The third-order valence-corrected chi connectivity index (χ3v) is 20.8. The molecule has 8 rings (SSSR count). The lowest BCUT2D eigenvalue weighted by Crippen LogP contribution is -2.58. The number of Topliss-reactive ketones (excluding diaryl/α,β-unsaturated/α-hetero) is 2. The maximum atomic E-state index is 13.7. The Bertz CT molecular complexity index is 1580. The molecule has 2 N–H and O–H groups in total. The van der Waals surface area contributed by atoms with Gasteiger partial charge >= 0.3 is 11.9 Å². The molecule has 8 nitrogen and oxygen atoms in total. The van der Waals surface area contributed by atoms with Crippen LogP contribution in [0.2, 0.25) is 0 Å². The van der Waals surface area contributed by atoms with Gasteiger partial charge in [0.15, 0.2) is 0 Å². The summed E-state index contributed by atoms with van der Waals surface area (Å²) in [7, 11) is 0. The van der Waals surface area contributed by atoms with Crippen LogP contribution in [0.15, 0.2) is 0 Å². The van der Waals surface area contributed by atoms with Crippen LogP contribution in [0.25, 0.3) is 0 Å². The molecule has 0 heterocycles. The summed E-state index contributed by atoms with van der Waals surface area (Å²) in [6, 6.07) is 0. The lowest BCUT2D eigenvalue weighted by molar-refractivity contribution is -0.175. The normalized spacial score (nSPS) is 46.5. The number of aliphatic hydroxyl groups excluding tert-OH is 2. The molecule has 8 fully saturated rings. The number of ketones is 2. The molecular formula is C52H84O8. The molecule has 0 aromatic rings. The van der Waals surface area contributed by atoms with E-state index in [1.54, 1.807) is 0 Å². The summed E-state index contributed by atoms with van der Waals surface area (Å²) >= 11 is 0. The number of hydrogen-bond acceptors (Lipinski definition) is 8. The Balaban J connectivity index is 0.000000181. The number of carbonyl (C=O) groups excluding carboxylic acids is 4. The summed E-state index contributed by atoms with van der Waals surface area (Å²) in [5.74, 6) is 6.98. The number of hydrogen-bond donors (Lipinski definition) is 2. The highest BCUT2D eigenvalue weighted by Gasteiger charge is 2.65. The van der Waals surface area contributed by atoms with Crippen molar-refractivity contribution in [2.45, 2.75) is 196 Å². The highest BCUT2D eigenvalue weighted by Crippen LogP contribution is 2.69. The number of rotatable bonds is 10. The predicted molar refractivity (Wildman–Crippen MR) is 233 cm³/mol. The summed E-state index contributed by atoms with van der Waals surface area (Å²) < 4.78 is 10.3. The summed E-state index contributed by atoms with van der Waals surface area (Å²) in [4.78, 5) is 49.6. The highest BCUT2D eigenvalue weighted by atomic mass is 16.5. The van der Waals surface area contributed by atoms with Crippen LogP contribution in [0.3, 0.4) is 0 Å². The monoisotopic (exact) mass is 837 g/mol. The quantitative estimate of drug-likeness (QED) is 0.208. The van der Waals surface area contributed by atoms with Gasteiger partial charge < -0.3 is 19.7 Å².